The third-order valence-electron chi connectivity index (χ3n) is 5.97. The number of H-pyrrole nitrogens is 1. The first-order valence-corrected chi connectivity index (χ1v) is 12.8. The summed E-state index contributed by atoms with van der Waals surface area (Å²) in [5, 5.41) is 1.59. The van der Waals surface area contributed by atoms with E-state index in [1.807, 2.05) is 11.8 Å². The molecule has 0 fully saturated rings. The fraction of sp³-hybridized carbons (Fsp3) is 0.310. The molecule has 166 valence electrons. The van der Waals surface area contributed by atoms with Crippen LogP contribution >= 0.6 is 11.8 Å². The molecule has 3 aromatic carbocycles. The van der Waals surface area contributed by atoms with E-state index < -0.39 is 0 Å². The summed E-state index contributed by atoms with van der Waals surface area (Å²) >= 11 is 1.93. The van der Waals surface area contributed by atoms with E-state index in [0.717, 1.165) is 13.0 Å². The van der Waals surface area contributed by atoms with Gasteiger partial charge < -0.3 is 9.88 Å². The molecule has 0 amide bonds. The molecule has 0 radical (unpaired) electrons. The van der Waals surface area contributed by atoms with E-state index in [9.17, 15) is 0 Å². The number of aromatic amines is 1. The highest BCUT2D eigenvalue weighted by molar-refractivity contribution is 7.99. The zero-order chi connectivity index (χ0) is 22.2. The van der Waals surface area contributed by atoms with Gasteiger partial charge in [-0.15, -0.1) is 11.8 Å². The van der Waals surface area contributed by atoms with Gasteiger partial charge in [0.15, 0.2) is 0 Å². The predicted molar refractivity (Wildman–Crippen MR) is 140 cm³/mol. The third kappa shape index (κ3) is 5.46. The molecule has 4 aromatic rings. The number of rotatable bonds is 11. The molecule has 0 saturated carbocycles. The Hall–Kier alpha value is -2.49. The summed E-state index contributed by atoms with van der Waals surface area (Å²) in [7, 11) is 0. The van der Waals surface area contributed by atoms with Crippen molar-refractivity contribution in [3.8, 4) is 0 Å². The summed E-state index contributed by atoms with van der Waals surface area (Å²) in [4.78, 5) is 7.75. The number of fused-ring (bicyclic) bond motifs is 1. The van der Waals surface area contributed by atoms with E-state index in [0.29, 0.717) is 0 Å². The van der Waals surface area contributed by atoms with Crippen LogP contribution in [-0.2, 0) is 6.42 Å². The van der Waals surface area contributed by atoms with E-state index in [1.165, 1.54) is 58.6 Å². The summed E-state index contributed by atoms with van der Waals surface area (Å²) < 4.78 is 0. The van der Waals surface area contributed by atoms with Crippen molar-refractivity contribution in [1.82, 2.24) is 9.88 Å². The van der Waals surface area contributed by atoms with Crippen molar-refractivity contribution in [3.05, 3.63) is 102 Å². The summed E-state index contributed by atoms with van der Waals surface area (Å²) in [5.41, 5.74) is 5.40. The average Bonchev–Trinajstić information content (AvgIpc) is 3.21. The van der Waals surface area contributed by atoms with Crippen LogP contribution < -0.4 is 0 Å². The number of nitrogens with zero attached hydrogens (tertiary/aromatic N) is 1. The zero-order valence-corrected chi connectivity index (χ0v) is 20.1. The largest absolute Gasteiger partial charge is 0.357 e. The van der Waals surface area contributed by atoms with E-state index in [1.54, 1.807) is 0 Å². The highest BCUT2D eigenvalue weighted by atomic mass is 32.2. The van der Waals surface area contributed by atoms with Gasteiger partial charge in [0.05, 0.1) is 5.25 Å². The second kappa shape index (κ2) is 11.4. The minimum Gasteiger partial charge on any atom is -0.357 e. The topological polar surface area (TPSA) is 19.0 Å². The fourth-order valence-corrected chi connectivity index (χ4v) is 5.71. The lowest BCUT2D eigenvalue weighted by molar-refractivity contribution is 0.278. The Bertz CT molecular complexity index is 1080. The van der Waals surface area contributed by atoms with Crippen molar-refractivity contribution < 1.29 is 0 Å². The van der Waals surface area contributed by atoms with Gasteiger partial charge >= 0.3 is 0 Å². The van der Waals surface area contributed by atoms with Crippen molar-refractivity contribution in [3.63, 3.8) is 0 Å². The van der Waals surface area contributed by atoms with Crippen molar-refractivity contribution in [2.45, 2.75) is 43.3 Å². The molecule has 0 bridgehead atoms. The van der Waals surface area contributed by atoms with E-state index >= 15 is 0 Å². The third-order valence-corrected chi connectivity index (χ3v) is 7.25. The van der Waals surface area contributed by atoms with Crippen LogP contribution in [0.15, 0.2) is 89.8 Å². The molecule has 1 aromatic heterocycles. The first-order chi connectivity index (χ1) is 15.8. The maximum absolute atomic E-state index is 3.83. The lowest BCUT2D eigenvalue weighted by Gasteiger charge is -2.22. The van der Waals surface area contributed by atoms with Crippen LogP contribution in [0.4, 0.5) is 0 Å². The Morgan fingerprint density at radius 2 is 1.38 bits per heavy atom. The maximum atomic E-state index is 3.83. The first kappa shape index (κ1) is 22.7. The van der Waals surface area contributed by atoms with Crippen molar-refractivity contribution in [2.24, 2.45) is 0 Å². The van der Waals surface area contributed by atoms with Crippen LogP contribution in [-0.4, -0.2) is 29.5 Å². The second-order valence-electron chi connectivity index (χ2n) is 8.38. The number of hydrogen-bond donors (Lipinski definition) is 1. The highest BCUT2D eigenvalue weighted by Gasteiger charge is 2.23. The summed E-state index contributed by atoms with van der Waals surface area (Å²) in [6.07, 6.45) is 3.48. The van der Waals surface area contributed by atoms with Crippen molar-refractivity contribution in [2.75, 3.05) is 19.6 Å². The van der Waals surface area contributed by atoms with Crippen LogP contribution in [0, 0.1) is 0 Å². The summed E-state index contributed by atoms with van der Waals surface area (Å²) in [5.74, 6) is 0. The van der Waals surface area contributed by atoms with Gasteiger partial charge in [-0.3, -0.25) is 0 Å². The molecule has 1 N–H and O–H groups in total. The van der Waals surface area contributed by atoms with Gasteiger partial charge in [-0.25, -0.2) is 0 Å². The van der Waals surface area contributed by atoms with Crippen LogP contribution in [0.3, 0.4) is 0 Å². The molecule has 0 saturated heterocycles. The monoisotopic (exact) mass is 442 g/mol. The minimum absolute atomic E-state index is 0.229. The summed E-state index contributed by atoms with van der Waals surface area (Å²) in [6.45, 7) is 8.01. The lowest BCUT2D eigenvalue weighted by atomic mass is 10.0. The molecular formula is C29H34N2S. The van der Waals surface area contributed by atoms with Crippen LogP contribution in [0.1, 0.15) is 48.8 Å². The van der Waals surface area contributed by atoms with Gasteiger partial charge in [-0.2, -0.15) is 0 Å². The minimum atomic E-state index is 0.229. The molecule has 1 heterocycles. The quantitative estimate of drug-likeness (QED) is 0.240. The van der Waals surface area contributed by atoms with E-state index in [-0.39, 0.29) is 5.25 Å². The Morgan fingerprint density at radius 3 is 2.06 bits per heavy atom. The number of benzene rings is 3. The SMILES string of the molecule is CCCN(CCC)CCc1c(C(Sc2ccccc2)c2ccccc2)[nH]c2ccccc12. The molecule has 0 spiro atoms. The molecule has 1 atom stereocenters. The van der Waals surface area contributed by atoms with Gasteiger partial charge in [0.1, 0.15) is 0 Å². The molecule has 1 unspecified atom stereocenters. The molecule has 3 heteroatoms. The first-order valence-electron chi connectivity index (χ1n) is 11.9. The van der Waals surface area contributed by atoms with E-state index in [4.69, 9.17) is 0 Å². The van der Waals surface area contributed by atoms with Gasteiger partial charge in [0.25, 0.3) is 0 Å². The van der Waals surface area contributed by atoms with Crippen molar-refractivity contribution >= 4 is 22.7 Å². The number of aromatic nitrogens is 1. The number of hydrogen-bond acceptors (Lipinski definition) is 2. The molecule has 0 aliphatic rings. The van der Waals surface area contributed by atoms with Crippen LogP contribution in [0.2, 0.25) is 0 Å². The van der Waals surface area contributed by atoms with Gasteiger partial charge in [0, 0.05) is 28.0 Å². The Labute approximate surface area is 197 Å². The molecule has 32 heavy (non-hydrogen) atoms. The lowest BCUT2D eigenvalue weighted by Crippen LogP contribution is -2.28. The van der Waals surface area contributed by atoms with Crippen LogP contribution in [0.25, 0.3) is 10.9 Å². The van der Waals surface area contributed by atoms with Crippen molar-refractivity contribution in [1.29, 1.82) is 0 Å². The number of thioether (sulfide) groups is 1. The number of nitrogens with one attached hydrogen (secondary N) is 1. The average molecular weight is 443 g/mol. The Morgan fingerprint density at radius 1 is 0.750 bits per heavy atom. The molecule has 0 aliphatic heterocycles. The predicted octanol–water partition coefficient (Wildman–Crippen LogP) is 7.71. The van der Waals surface area contributed by atoms with Gasteiger partial charge in [-0.05, 0) is 61.7 Å². The second-order valence-corrected chi connectivity index (χ2v) is 9.55. The molecule has 2 nitrogen and oxygen atoms in total. The smallest absolute Gasteiger partial charge is 0.0747 e. The normalized spacial score (nSPS) is 12.5. The maximum Gasteiger partial charge on any atom is 0.0747 e. The number of para-hydroxylation sites is 1. The highest BCUT2D eigenvalue weighted by Crippen LogP contribution is 2.43. The van der Waals surface area contributed by atoms with Crippen LogP contribution in [0.5, 0.6) is 0 Å². The Balaban J connectivity index is 1.74. The molecule has 0 aliphatic carbocycles. The molecular weight excluding hydrogens is 408 g/mol. The van der Waals surface area contributed by atoms with Gasteiger partial charge in [0.2, 0.25) is 0 Å². The van der Waals surface area contributed by atoms with E-state index in [2.05, 4.69) is 109 Å². The molecule has 4 rings (SSSR count). The standard InChI is InChI=1S/C29H34N2S/c1-3-20-31(21-4-2)22-19-26-25-17-11-12-18-27(25)30-28(26)29(23-13-7-5-8-14-23)32-24-15-9-6-10-16-24/h5-18,29-30H,3-4,19-22H2,1-2H3. The summed E-state index contributed by atoms with van der Waals surface area (Å²) in [6, 6.07) is 30.5. The fourth-order valence-electron chi connectivity index (χ4n) is 4.51. The zero-order valence-electron chi connectivity index (χ0n) is 19.3. The van der Waals surface area contributed by atoms with Gasteiger partial charge in [-0.1, -0.05) is 80.6 Å². The Kier molecular flexibility index (Phi) is 8.08.